The maximum absolute atomic E-state index is 12.5. The number of para-hydroxylation sites is 1. The first-order valence-corrected chi connectivity index (χ1v) is 8.13. The van der Waals surface area contributed by atoms with Crippen molar-refractivity contribution in [3.05, 3.63) is 71.5 Å². The first kappa shape index (κ1) is 16.3. The number of amides is 1. The molecule has 3 aromatic rings. The SMILES string of the molecule is Cc1c(C(=O)NCC(CCO)c2ccccc2)oc2ccccc12. The number of hydrogen-bond donors (Lipinski definition) is 2. The van der Waals surface area contributed by atoms with E-state index in [9.17, 15) is 9.90 Å². The molecule has 0 radical (unpaired) electrons. The minimum atomic E-state index is -0.220. The van der Waals surface area contributed by atoms with Gasteiger partial charge in [0.05, 0.1) is 0 Å². The molecule has 0 aliphatic rings. The van der Waals surface area contributed by atoms with Crippen LogP contribution in [0.3, 0.4) is 0 Å². The Kier molecular flexibility index (Phi) is 4.96. The number of nitrogens with one attached hydrogen (secondary N) is 1. The van der Waals surface area contributed by atoms with E-state index in [1.54, 1.807) is 0 Å². The molecule has 1 atom stereocenters. The first-order chi connectivity index (χ1) is 11.7. The van der Waals surface area contributed by atoms with Crippen LogP contribution in [0.5, 0.6) is 0 Å². The molecule has 0 fully saturated rings. The minimum Gasteiger partial charge on any atom is -0.451 e. The average molecular weight is 323 g/mol. The monoisotopic (exact) mass is 323 g/mol. The fourth-order valence-corrected chi connectivity index (χ4v) is 2.95. The van der Waals surface area contributed by atoms with Gasteiger partial charge in [0.25, 0.3) is 5.91 Å². The van der Waals surface area contributed by atoms with Gasteiger partial charge in [0.1, 0.15) is 5.58 Å². The van der Waals surface area contributed by atoms with Gasteiger partial charge >= 0.3 is 0 Å². The van der Waals surface area contributed by atoms with Gasteiger partial charge in [0.2, 0.25) is 0 Å². The van der Waals surface area contributed by atoms with Gasteiger partial charge in [0.15, 0.2) is 5.76 Å². The molecule has 0 aliphatic heterocycles. The van der Waals surface area contributed by atoms with E-state index in [0.717, 1.165) is 22.1 Å². The van der Waals surface area contributed by atoms with E-state index in [1.165, 1.54) is 0 Å². The van der Waals surface area contributed by atoms with Crippen molar-refractivity contribution in [2.45, 2.75) is 19.3 Å². The Hall–Kier alpha value is -2.59. The Morgan fingerprint density at radius 2 is 1.83 bits per heavy atom. The van der Waals surface area contributed by atoms with E-state index in [-0.39, 0.29) is 18.4 Å². The van der Waals surface area contributed by atoms with Crippen molar-refractivity contribution in [3.63, 3.8) is 0 Å². The lowest BCUT2D eigenvalue weighted by molar-refractivity contribution is 0.0923. The third-order valence-electron chi connectivity index (χ3n) is 4.31. The van der Waals surface area contributed by atoms with Crippen molar-refractivity contribution in [3.8, 4) is 0 Å². The van der Waals surface area contributed by atoms with Crippen molar-refractivity contribution in [1.29, 1.82) is 0 Å². The maximum Gasteiger partial charge on any atom is 0.287 e. The van der Waals surface area contributed by atoms with Gasteiger partial charge in [-0.2, -0.15) is 0 Å². The van der Waals surface area contributed by atoms with Gasteiger partial charge in [-0.05, 0) is 25.0 Å². The normalized spacial score (nSPS) is 12.2. The number of aryl methyl sites for hydroxylation is 1. The van der Waals surface area contributed by atoms with Gasteiger partial charge in [-0.15, -0.1) is 0 Å². The molecule has 1 heterocycles. The van der Waals surface area contributed by atoms with Crippen molar-refractivity contribution >= 4 is 16.9 Å². The van der Waals surface area contributed by atoms with E-state index in [2.05, 4.69) is 5.32 Å². The predicted octanol–water partition coefficient (Wildman–Crippen LogP) is 3.64. The Morgan fingerprint density at radius 3 is 2.54 bits per heavy atom. The molecule has 4 nitrogen and oxygen atoms in total. The molecule has 2 aromatic carbocycles. The number of aliphatic hydroxyl groups excluding tert-OH is 1. The third-order valence-corrected chi connectivity index (χ3v) is 4.31. The van der Waals surface area contributed by atoms with Crippen LogP contribution in [-0.4, -0.2) is 24.2 Å². The number of benzene rings is 2. The number of carbonyl (C=O) groups is 1. The zero-order valence-corrected chi connectivity index (χ0v) is 13.7. The number of hydrogen-bond acceptors (Lipinski definition) is 3. The second-order valence-corrected chi connectivity index (χ2v) is 5.88. The number of rotatable bonds is 6. The predicted molar refractivity (Wildman–Crippen MR) is 94.2 cm³/mol. The fourth-order valence-electron chi connectivity index (χ4n) is 2.95. The molecule has 2 N–H and O–H groups in total. The summed E-state index contributed by atoms with van der Waals surface area (Å²) in [5.74, 6) is 0.208. The number of aliphatic hydroxyl groups is 1. The summed E-state index contributed by atoms with van der Waals surface area (Å²) >= 11 is 0. The summed E-state index contributed by atoms with van der Waals surface area (Å²) in [6, 6.07) is 17.5. The van der Waals surface area contributed by atoms with Crippen LogP contribution in [0.1, 0.15) is 34.0 Å². The van der Waals surface area contributed by atoms with Crippen molar-refractivity contribution in [2.75, 3.05) is 13.2 Å². The standard InChI is InChI=1S/C20H21NO3/c1-14-17-9-5-6-10-18(17)24-19(14)20(23)21-13-16(11-12-22)15-7-3-2-4-8-15/h2-10,16,22H,11-13H2,1H3,(H,21,23). The van der Waals surface area contributed by atoms with E-state index in [0.29, 0.717) is 18.7 Å². The zero-order valence-electron chi connectivity index (χ0n) is 13.7. The molecular weight excluding hydrogens is 302 g/mol. The fraction of sp³-hybridized carbons (Fsp3) is 0.250. The summed E-state index contributed by atoms with van der Waals surface area (Å²) in [6.07, 6.45) is 0.601. The van der Waals surface area contributed by atoms with Crippen LogP contribution in [0.25, 0.3) is 11.0 Å². The lowest BCUT2D eigenvalue weighted by Crippen LogP contribution is -2.29. The Bertz CT molecular complexity index is 823. The molecule has 0 saturated carbocycles. The summed E-state index contributed by atoms with van der Waals surface area (Å²) in [5, 5.41) is 13.2. The Balaban J connectivity index is 1.74. The molecular formula is C20H21NO3. The molecule has 0 bridgehead atoms. The van der Waals surface area contributed by atoms with Gasteiger partial charge in [-0.3, -0.25) is 4.79 Å². The lowest BCUT2D eigenvalue weighted by atomic mass is 9.96. The van der Waals surface area contributed by atoms with E-state index in [4.69, 9.17) is 4.42 Å². The van der Waals surface area contributed by atoms with Crippen LogP contribution < -0.4 is 5.32 Å². The molecule has 24 heavy (non-hydrogen) atoms. The van der Waals surface area contributed by atoms with Gasteiger partial charge < -0.3 is 14.8 Å². The molecule has 1 unspecified atom stereocenters. The van der Waals surface area contributed by atoms with E-state index < -0.39 is 0 Å². The largest absolute Gasteiger partial charge is 0.451 e. The molecule has 1 aromatic heterocycles. The van der Waals surface area contributed by atoms with Crippen molar-refractivity contribution < 1.29 is 14.3 Å². The molecule has 0 saturated heterocycles. The van der Waals surface area contributed by atoms with E-state index >= 15 is 0 Å². The topological polar surface area (TPSA) is 62.5 Å². The van der Waals surface area contributed by atoms with Gasteiger partial charge in [0, 0.05) is 30.0 Å². The van der Waals surface area contributed by atoms with Crippen LogP contribution in [0.15, 0.2) is 59.0 Å². The Labute approximate surface area is 141 Å². The molecule has 124 valence electrons. The zero-order chi connectivity index (χ0) is 16.9. The smallest absolute Gasteiger partial charge is 0.287 e. The van der Waals surface area contributed by atoms with E-state index in [1.807, 2.05) is 61.5 Å². The van der Waals surface area contributed by atoms with Gasteiger partial charge in [-0.25, -0.2) is 0 Å². The minimum absolute atomic E-state index is 0.0739. The highest BCUT2D eigenvalue weighted by Crippen LogP contribution is 2.25. The van der Waals surface area contributed by atoms with Crippen LogP contribution in [-0.2, 0) is 0 Å². The molecule has 4 heteroatoms. The summed E-state index contributed by atoms with van der Waals surface area (Å²) in [7, 11) is 0. The number of fused-ring (bicyclic) bond motifs is 1. The van der Waals surface area contributed by atoms with Crippen LogP contribution in [0.4, 0.5) is 0 Å². The lowest BCUT2D eigenvalue weighted by Gasteiger charge is -2.16. The average Bonchev–Trinajstić information content (AvgIpc) is 2.96. The maximum atomic E-state index is 12.5. The highest BCUT2D eigenvalue weighted by Gasteiger charge is 2.19. The van der Waals surface area contributed by atoms with Crippen LogP contribution in [0.2, 0.25) is 0 Å². The third kappa shape index (κ3) is 3.34. The summed E-state index contributed by atoms with van der Waals surface area (Å²) in [5.41, 5.74) is 2.67. The number of carbonyl (C=O) groups excluding carboxylic acids is 1. The Morgan fingerprint density at radius 1 is 1.12 bits per heavy atom. The quantitative estimate of drug-likeness (QED) is 0.728. The summed E-state index contributed by atoms with van der Waals surface area (Å²) < 4.78 is 5.70. The highest BCUT2D eigenvalue weighted by molar-refractivity contribution is 5.98. The molecule has 3 rings (SSSR count). The highest BCUT2D eigenvalue weighted by atomic mass is 16.3. The molecule has 0 spiro atoms. The van der Waals surface area contributed by atoms with Crippen LogP contribution in [0, 0.1) is 6.92 Å². The second kappa shape index (κ2) is 7.32. The van der Waals surface area contributed by atoms with Crippen LogP contribution >= 0.6 is 0 Å². The van der Waals surface area contributed by atoms with Gasteiger partial charge in [-0.1, -0.05) is 48.5 Å². The first-order valence-electron chi connectivity index (χ1n) is 8.13. The summed E-state index contributed by atoms with van der Waals surface area (Å²) in [6.45, 7) is 2.43. The van der Waals surface area contributed by atoms with Crippen molar-refractivity contribution in [1.82, 2.24) is 5.32 Å². The second-order valence-electron chi connectivity index (χ2n) is 5.88. The number of furan rings is 1. The summed E-state index contributed by atoms with van der Waals surface area (Å²) in [4.78, 5) is 12.5. The molecule has 0 aliphatic carbocycles. The molecule has 1 amide bonds. The van der Waals surface area contributed by atoms with Crippen molar-refractivity contribution in [2.24, 2.45) is 0 Å².